The molecule has 5 rings (SSSR count). The lowest BCUT2D eigenvalue weighted by Crippen LogP contribution is -2.48. The molecule has 1 aliphatic carbocycles. The molecule has 13 heteroatoms. The van der Waals surface area contributed by atoms with E-state index in [1.165, 1.54) is 17.4 Å². The van der Waals surface area contributed by atoms with Crippen LogP contribution in [-0.2, 0) is 19.8 Å². The van der Waals surface area contributed by atoms with Gasteiger partial charge >= 0.3 is 11.9 Å². The van der Waals surface area contributed by atoms with Gasteiger partial charge in [0.2, 0.25) is 5.88 Å². The summed E-state index contributed by atoms with van der Waals surface area (Å²) in [4.78, 5) is 20.8. The number of hydrogen-bond acceptors (Lipinski definition) is 6. The molecule has 2 aliphatic rings. The van der Waals surface area contributed by atoms with Crippen LogP contribution in [0.25, 0.3) is 0 Å². The lowest BCUT2D eigenvalue weighted by atomic mass is 10.2. The second kappa shape index (κ2) is 10.6. The van der Waals surface area contributed by atoms with Crippen molar-refractivity contribution in [1.82, 2.24) is 14.5 Å². The Morgan fingerprint density at radius 1 is 1.03 bits per heavy atom. The quantitative estimate of drug-likeness (QED) is 0.355. The fourth-order valence-corrected chi connectivity index (χ4v) is 4.72. The van der Waals surface area contributed by atoms with Crippen LogP contribution in [0.15, 0.2) is 41.2 Å². The van der Waals surface area contributed by atoms with E-state index in [9.17, 15) is 26.7 Å². The number of benzene rings is 2. The van der Waals surface area contributed by atoms with Crippen LogP contribution in [0.5, 0.6) is 17.4 Å². The average Bonchev–Trinajstić information content (AvgIpc) is 3.73. The molecule has 1 aromatic heterocycles. The molecule has 7 nitrogen and oxygen atoms in total. The van der Waals surface area contributed by atoms with Crippen LogP contribution in [-0.4, -0.2) is 46.7 Å². The highest BCUT2D eigenvalue weighted by Crippen LogP contribution is 2.38. The third-order valence-corrected chi connectivity index (χ3v) is 7.03. The van der Waals surface area contributed by atoms with Crippen LogP contribution in [0.3, 0.4) is 0 Å². The van der Waals surface area contributed by atoms with Gasteiger partial charge in [-0.05, 0) is 48.7 Å². The lowest BCUT2D eigenvalue weighted by molar-refractivity contribution is -0.137. The Morgan fingerprint density at radius 2 is 1.69 bits per heavy atom. The largest absolute Gasteiger partial charge is 0.473 e. The fraction of sp³-hybridized carbons (Fsp3) is 0.385. The van der Waals surface area contributed by atoms with E-state index in [0.717, 1.165) is 50.4 Å². The molecule has 208 valence electrons. The number of rotatable bonds is 7. The number of aromatic nitrogens is 2. The first kappa shape index (κ1) is 27.2. The normalized spacial score (nSPS) is 16.4. The van der Waals surface area contributed by atoms with E-state index in [0.29, 0.717) is 17.9 Å². The van der Waals surface area contributed by atoms with E-state index in [1.54, 1.807) is 13.1 Å². The topological polar surface area (TPSA) is 59.8 Å². The van der Waals surface area contributed by atoms with Gasteiger partial charge in [-0.1, -0.05) is 11.6 Å². The summed E-state index contributed by atoms with van der Waals surface area (Å²) in [5, 5.41) is -0.573. The first-order valence-electron chi connectivity index (χ1n) is 12.2. The van der Waals surface area contributed by atoms with E-state index in [-0.39, 0.29) is 18.1 Å². The fourth-order valence-electron chi connectivity index (χ4n) is 4.49. The van der Waals surface area contributed by atoms with Gasteiger partial charge < -0.3 is 14.4 Å². The maximum atomic E-state index is 14.7. The number of halogens is 6. The minimum Gasteiger partial charge on any atom is -0.473 e. The number of hydrogen-bond donors (Lipinski definition) is 0. The molecule has 0 spiro atoms. The van der Waals surface area contributed by atoms with Gasteiger partial charge in [-0.15, -0.1) is 0 Å². The number of alkyl halides is 3. The molecule has 2 heterocycles. The van der Waals surface area contributed by atoms with Crippen molar-refractivity contribution in [3.05, 3.63) is 74.7 Å². The molecule has 1 aliphatic heterocycles. The van der Waals surface area contributed by atoms with Gasteiger partial charge in [0.05, 0.1) is 10.6 Å². The summed E-state index contributed by atoms with van der Waals surface area (Å²) in [6.07, 6.45) is -2.33. The SMILES string of the molecule is Cn1c(N2CCN(C3CC3)CC2)cc(OCc2cc(F)c(Oc3ccc(Cl)c(C(F)(F)F)c3)c(F)c2)nc1=O. The Kier molecular flexibility index (Phi) is 7.43. The monoisotopic (exact) mass is 570 g/mol. The highest BCUT2D eigenvalue weighted by Gasteiger charge is 2.34. The zero-order chi connectivity index (χ0) is 27.9. The van der Waals surface area contributed by atoms with Crippen LogP contribution < -0.4 is 20.1 Å². The molecule has 3 aromatic rings. The van der Waals surface area contributed by atoms with Crippen molar-refractivity contribution in [3.63, 3.8) is 0 Å². The molecule has 1 saturated heterocycles. The summed E-state index contributed by atoms with van der Waals surface area (Å²) in [5.74, 6) is -2.99. The summed E-state index contributed by atoms with van der Waals surface area (Å²) in [5.41, 5.74) is -1.67. The maximum absolute atomic E-state index is 14.7. The van der Waals surface area contributed by atoms with Crippen molar-refractivity contribution >= 4 is 17.4 Å². The highest BCUT2D eigenvalue weighted by molar-refractivity contribution is 6.31. The second-order valence-corrected chi connectivity index (χ2v) is 9.87. The summed E-state index contributed by atoms with van der Waals surface area (Å²) >= 11 is 5.58. The molecule has 2 fully saturated rings. The Morgan fingerprint density at radius 3 is 2.31 bits per heavy atom. The van der Waals surface area contributed by atoms with Crippen molar-refractivity contribution in [2.24, 2.45) is 7.05 Å². The van der Waals surface area contributed by atoms with Gasteiger partial charge in [-0.2, -0.15) is 18.2 Å². The molecular formula is C26H24ClF5N4O3. The van der Waals surface area contributed by atoms with Crippen molar-refractivity contribution in [2.45, 2.75) is 31.7 Å². The average molecular weight is 571 g/mol. The van der Waals surface area contributed by atoms with Crippen molar-refractivity contribution in [1.29, 1.82) is 0 Å². The van der Waals surface area contributed by atoms with E-state index in [4.69, 9.17) is 21.1 Å². The van der Waals surface area contributed by atoms with Crippen molar-refractivity contribution in [3.8, 4) is 17.4 Å². The number of piperazine rings is 1. The zero-order valence-corrected chi connectivity index (χ0v) is 21.5. The van der Waals surface area contributed by atoms with Gasteiger partial charge in [0.25, 0.3) is 0 Å². The molecule has 39 heavy (non-hydrogen) atoms. The van der Waals surface area contributed by atoms with Crippen LogP contribution >= 0.6 is 11.6 Å². The third kappa shape index (κ3) is 6.11. The Bertz CT molecular complexity index is 1410. The number of ether oxygens (including phenoxy) is 2. The van der Waals surface area contributed by atoms with Crippen LogP contribution in [0, 0.1) is 11.6 Å². The summed E-state index contributed by atoms with van der Waals surface area (Å²) in [7, 11) is 1.61. The van der Waals surface area contributed by atoms with Gasteiger partial charge in [0.1, 0.15) is 18.2 Å². The molecule has 2 aromatic carbocycles. The Hall–Kier alpha value is -3.38. The molecular weight excluding hydrogens is 547 g/mol. The maximum Gasteiger partial charge on any atom is 0.417 e. The highest BCUT2D eigenvalue weighted by atomic mass is 35.5. The predicted octanol–water partition coefficient (Wildman–Crippen LogP) is 5.39. The first-order chi connectivity index (χ1) is 18.5. The lowest BCUT2D eigenvalue weighted by Gasteiger charge is -2.36. The van der Waals surface area contributed by atoms with Gasteiger partial charge in [0.15, 0.2) is 17.4 Å². The smallest absolute Gasteiger partial charge is 0.417 e. The predicted molar refractivity (Wildman–Crippen MR) is 134 cm³/mol. The third-order valence-electron chi connectivity index (χ3n) is 6.70. The van der Waals surface area contributed by atoms with E-state index < -0.39 is 45.6 Å². The van der Waals surface area contributed by atoms with Crippen LogP contribution in [0.1, 0.15) is 24.0 Å². The van der Waals surface area contributed by atoms with Crippen LogP contribution in [0.2, 0.25) is 5.02 Å². The van der Waals surface area contributed by atoms with Crippen molar-refractivity contribution < 1.29 is 31.4 Å². The Labute approximate surface area is 225 Å². The molecule has 0 atom stereocenters. The summed E-state index contributed by atoms with van der Waals surface area (Å²) < 4.78 is 80.8. The standard InChI is InChI=1S/C26H24ClF5N4O3/c1-34-23(36-8-6-35(7-9-36)16-2-3-16)13-22(33-25(34)37)38-14-15-10-20(28)24(21(29)11-15)39-17-4-5-19(27)18(12-17)26(30,31)32/h4-5,10-13,16H,2-3,6-9,14H2,1H3. The second-order valence-electron chi connectivity index (χ2n) is 9.47. The molecule has 0 N–H and O–H groups in total. The zero-order valence-electron chi connectivity index (χ0n) is 20.8. The van der Waals surface area contributed by atoms with Crippen molar-refractivity contribution in [2.75, 3.05) is 31.1 Å². The molecule has 0 amide bonds. The minimum atomic E-state index is -4.77. The van der Waals surface area contributed by atoms with Crippen LogP contribution in [0.4, 0.5) is 27.8 Å². The number of nitrogens with zero attached hydrogens (tertiary/aromatic N) is 4. The van der Waals surface area contributed by atoms with Gasteiger partial charge in [0, 0.05) is 45.3 Å². The molecule has 1 saturated carbocycles. The molecule has 0 unspecified atom stereocenters. The summed E-state index contributed by atoms with van der Waals surface area (Å²) in [6.45, 7) is 2.94. The van der Waals surface area contributed by atoms with Gasteiger partial charge in [-0.25, -0.2) is 13.6 Å². The van der Waals surface area contributed by atoms with E-state index in [2.05, 4.69) is 14.8 Å². The number of anilines is 1. The van der Waals surface area contributed by atoms with E-state index in [1.807, 2.05) is 0 Å². The summed E-state index contributed by atoms with van der Waals surface area (Å²) in [6, 6.07) is 6.68. The Balaban J connectivity index is 1.28. The first-order valence-corrected chi connectivity index (χ1v) is 12.6. The van der Waals surface area contributed by atoms with E-state index >= 15 is 0 Å². The molecule has 0 radical (unpaired) electrons. The molecule has 0 bridgehead atoms. The minimum absolute atomic E-state index is 0.000269. The van der Waals surface area contributed by atoms with Gasteiger partial charge in [-0.3, -0.25) is 9.47 Å².